The summed E-state index contributed by atoms with van der Waals surface area (Å²) < 4.78 is 0. The molecular weight excluding hydrogens is 270 g/mol. The highest BCUT2D eigenvalue weighted by atomic mass is 32.1. The number of rotatable bonds is 6. The van der Waals surface area contributed by atoms with Crippen molar-refractivity contribution < 1.29 is 4.79 Å². The minimum Gasteiger partial charge on any atom is -0.348 e. The minimum absolute atomic E-state index is 0.118. The molecule has 0 aliphatic rings. The van der Waals surface area contributed by atoms with Crippen molar-refractivity contribution in [2.45, 2.75) is 32.4 Å². The number of aromatic nitrogens is 1. The lowest BCUT2D eigenvalue weighted by Gasteiger charge is -2.16. The zero-order valence-corrected chi connectivity index (χ0v) is 12.3. The standard InChI is InChI=1S/C15H19N3OS/c1-2-12(8-11-6-4-3-5-7-11)17-15(19)13-10-20-14(9-16)18-13/h3-7,10,12H,2,8-9,16H2,1H3,(H,17,19). The average Bonchev–Trinajstić information content (AvgIpc) is 2.96. The first-order chi connectivity index (χ1) is 9.72. The first-order valence-electron chi connectivity index (χ1n) is 6.72. The summed E-state index contributed by atoms with van der Waals surface area (Å²) in [7, 11) is 0. The Morgan fingerprint density at radius 1 is 1.40 bits per heavy atom. The van der Waals surface area contributed by atoms with E-state index >= 15 is 0 Å². The van der Waals surface area contributed by atoms with E-state index in [9.17, 15) is 4.79 Å². The second-order valence-electron chi connectivity index (χ2n) is 4.60. The van der Waals surface area contributed by atoms with Crippen LogP contribution in [0.4, 0.5) is 0 Å². The number of carbonyl (C=O) groups excluding carboxylic acids is 1. The molecule has 0 saturated carbocycles. The maximum Gasteiger partial charge on any atom is 0.270 e. The molecule has 5 heteroatoms. The number of benzene rings is 1. The molecule has 1 heterocycles. The smallest absolute Gasteiger partial charge is 0.270 e. The third-order valence-corrected chi connectivity index (χ3v) is 3.98. The Morgan fingerprint density at radius 2 is 2.15 bits per heavy atom. The molecule has 2 aromatic rings. The Hall–Kier alpha value is -1.72. The predicted molar refractivity (Wildman–Crippen MR) is 81.7 cm³/mol. The zero-order chi connectivity index (χ0) is 14.4. The van der Waals surface area contributed by atoms with Gasteiger partial charge in [-0.25, -0.2) is 4.98 Å². The van der Waals surface area contributed by atoms with Crippen LogP contribution >= 0.6 is 11.3 Å². The topological polar surface area (TPSA) is 68.0 Å². The third-order valence-electron chi connectivity index (χ3n) is 3.11. The molecule has 0 radical (unpaired) electrons. The number of carbonyl (C=O) groups is 1. The molecule has 0 bridgehead atoms. The fourth-order valence-corrected chi connectivity index (χ4v) is 2.62. The van der Waals surface area contributed by atoms with Crippen LogP contribution < -0.4 is 11.1 Å². The van der Waals surface area contributed by atoms with Crippen molar-refractivity contribution in [1.82, 2.24) is 10.3 Å². The molecule has 0 spiro atoms. The maximum atomic E-state index is 12.1. The summed E-state index contributed by atoms with van der Waals surface area (Å²) in [6, 6.07) is 10.3. The number of nitrogens with two attached hydrogens (primary N) is 1. The summed E-state index contributed by atoms with van der Waals surface area (Å²) in [5.41, 5.74) is 7.19. The van der Waals surface area contributed by atoms with E-state index in [0.29, 0.717) is 12.2 Å². The van der Waals surface area contributed by atoms with E-state index in [2.05, 4.69) is 29.4 Å². The van der Waals surface area contributed by atoms with Crippen molar-refractivity contribution in [1.29, 1.82) is 0 Å². The van der Waals surface area contributed by atoms with E-state index < -0.39 is 0 Å². The second kappa shape index (κ2) is 7.17. The van der Waals surface area contributed by atoms with Crippen LogP contribution in [0.2, 0.25) is 0 Å². The van der Waals surface area contributed by atoms with Crippen molar-refractivity contribution >= 4 is 17.2 Å². The lowest BCUT2D eigenvalue weighted by atomic mass is 10.0. The lowest BCUT2D eigenvalue weighted by molar-refractivity contribution is 0.0931. The monoisotopic (exact) mass is 289 g/mol. The molecule has 4 nitrogen and oxygen atoms in total. The summed E-state index contributed by atoms with van der Waals surface area (Å²) in [5, 5.41) is 5.57. The van der Waals surface area contributed by atoms with Crippen LogP contribution in [0.3, 0.4) is 0 Å². The van der Waals surface area contributed by atoms with Crippen LogP contribution in [-0.4, -0.2) is 16.9 Å². The molecule has 3 N–H and O–H groups in total. The van der Waals surface area contributed by atoms with Crippen molar-refractivity contribution in [3.8, 4) is 0 Å². The molecule has 1 aromatic carbocycles. The fourth-order valence-electron chi connectivity index (χ4n) is 1.96. The highest BCUT2D eigenvalue weighted by Crippen LogP contribution is 2.10. The fraction of sp³-hybridized carbons (Fsp3) is 0.333. The highest BCUT2D eigenvalue weighted by Gasteiger charge is 2.15. The Bertz CT molecular complexity index is 553. The van der Waals surface area contributed by atoms with Crippen molar-refractivity contribution in [2.24, 2.45) is 5.73 Å². The van der Waals surface area contributed by atoms with Gasteiger partial charge in [-0.05, 0) is 18.4 Å². The first kappa shape index (κ1) is 14.7. The van der Waals surface area contributed by atoms with Gasteiger partial charge in [0.1, 0.15) is 10.7 Å². The van der Waals surface area contributed by atoms with Gasteiger partial charge in [-0.1, -0.05) is 37.3 Å². The molecule has 1 amide bonds. The van der Waals surface area contributed by atoms with Gasteiger partial charge < -0.3 is 11.1 Å². The highest BCUT2D eigenvalue weighted by molar-refractivity contribution is 7.09. The van der Waals surface area contributed by atoms with E-state index in [0.717, 1.165) is 17.8 Å². The van der Waals surface area contributed by atoms with Gasteiger partial charge in [-0.15, -0.1) is 11.3 Å². The van der Waals surface area contributed by atoms with Crippen molar-refractivity contribution in [2.75, 3.05) is 0 Å². The molecular formula is C15H19N3OS. The SMILES string of the molecule is CCC(Cc1ccccc1)NC(=O)c1csc(CN)n1. The van der Waals surface area contributed by atoms with Gasteiger partial charge in [0.2, 0.25) is 0 Å². The molecule has 0 aliphatic heterocycles. The van der Waals surface area contributed by atoms with Crippen LogP contribution in [-0.2, 0) is 13.0 Å². The van der Waals surface area contributed by atoms with E-state index in [1.807, 2.05) is 18.2 Å². The maximum absolute atomic E-state index is 12.1. The Morgan fingerprint density at radius 3 is 2.75 bits per heavy atom. The number of hydrogen-bond acceptors (Lipinski definition) is 4. The zero-order valence-electron chi connectivity index (χ0n) is 11.5. The van der Waals surface area contributed by atoms with Gasteiger partial charge in [-0.2, -0.15) is 0 Å². The van der Waals surface area contributed by atoms with Crippen molar-refractivity contribution in [3.63, 3.8) is 0 Å². The van der Waals surface area contributed by atoms with Crippen LogP contribution in [0, 0.1) is 0 Å². The van der Waals surface area contributed by atoms with Crippen molar-refractivity contribution in [3.05, 3.63) is 52.0 Å². The Balaban J connectivity index is 1.97. The molecule has 2 rings (SSSR count). The van der Waals surface area contributed by atoms with Gasteiger partial charge >= 0.3 is 0 Å². The summed E-state index contributed by atoms with van der Waals surface area (Å²) in [6.45, 7) is 2.44. The summed E-state index contributed by atoms with van der Waals surface area (Å²) in [5.74, 6) is -0.122. The van der Waals surface area contributed by atoms with Gasteiger partial charge in [0.15, 0.2) is 0 Å². The third kappa shape index (κ3) is 3.88. The van der Waals surface area contributed by atoms with E-state index in [1.165, 1.54) is 16.9 Å². The molecule has 1 atom stereocenters. The molecule has 0 fully saturated rings. The molecule has 106 valence electrons. The van der Waals surface area contributed by atoms with Crippen LogP contribution in [0.5, 0.6) is 0 Å². The molecule has 1 unspecified atom stereocenters. The first-order valence-corrected chi connectivity index (χ1v) is 7.60. The van der Waals surface area contributed by atoms with E-state index in [1.54, 1.807) is 5.38 Å². The van der Waals surface area contributed by atoms with E-state index in [4.69, 9.17) is 5.73 Å². The van der Waals surface area contributed by atoms with Gasteiger partial charge in [-0.3, -0.25) is 4.79 Å². The minimum atomic E-state index is -0.122. The predicted octanol–water partition coefficient (Wildman–Crippen LogP) is 2.35. The van der Waals surface area contributed by atoms with Gasteiger partial charge in [0, 0.05) is 18.0 Å². The number of amides is 1. The molecule has 20 heavy (non-hydrogen) atoms. The molecule has 0 aliphatic carbocycles. The Kier molecular flexibility index (Phi) is 5.26. The van der Waals surface area contributed by atoms with Crippen LogP contribution in [0.25, 0.3) is 0 Å². The second-order valence-corrected chi connectivity index (χ2v) is 5.54. The summed E-state index contributed by atoms with van der Waals surface area (Å²) >= 11 is 1.42. The lowest BCUT2D eigenvalue weighted by Crippen LogP contribution is -2.36. The van der Waals surface area contributed by atoms with E-state index in [-0.39, 0.29) is 11.9 Å². The number of nitrogens with zero attached hydrogens (tertiary/aromatic N) is 1. The average molecular weight is 289 g/mol. The summed E-state index contributed by atoms with van der Waals surface area (Å²) in [4.78, 5) is 16.3. The quantitative estimate of drug-likeness (QED) is 0.857. The number of hydrogen-bond donors (Lipinski definition) is 2. The number of thiazole rings is 1. The van der Waals surface area contributed by atoms with Crippen LogP contribution in [0.15, 0.2) is 35.7 Å². The molecule has 0 saturated heterocycles. The van der Waals surface area contributed by atoms with Gasteiger partial charge in [0.25, 0.3) is 5.91 Å². The summed E-state index contributed by atoms with van der Waals surface area (Å²) in [6.07, 6.45) is 1.71. The normalized spacial score (nSPS) is 12.1. The Labute approximate surface area is 123 Å². The van der Waals surface area contributed by atoms with Crippen LogP contribution in [0.1, 0.15) is 34.4 Å². The van der Waals surface area contributed by atoms with Gasteiger partial charge in [0.05, 0.1) is 0 Å². The molecule has 1 aromatic heterocycles. The number of nitrogens with one attached hydrogen (secondary N) is 1. The largest absolute Gasteiger partial charge is 0.348 e.